The van der Waals surface area contributed by atoms with Crippen LogP contribution in [0.5, 0.6) is 5.88 Å². The number of para-hydroxylation sites is 1. The third-order valence-electron chi connectivity index (χ3n) is 5.40. The first-order valence-electron chi connectivity index (χ1n) is 11.8. The second-order valence-electron chi connectivity index (χ2n) is 8.40. The molecule has 1 aliphatic carbocycles. The number of hydrogen-bond acceptors (Lipinski definition) is 5. The van der Waals surface area contributed by atoms with Gasteiger partial charge in [-0.15, -0.1) is 0 Å². The van der Waals surface area contributed by atoms with Gasteiger partial charge in [0.15, 0.2) is 5.82 Å². The van der Waals surface area contributed by atoms with Crippen LogP contribution in [-0.4, -0.2) is 30.2 Å². The van der Waals surface area contributed by atoms with Crippen molar-refractivity contribution >= 4 is 39.3 Å². The number of alkyl halides is 2. The first kappa shape index (κ1) is 29.4. The molecule has 0 atom stereocenters. The van der Waals surface area contributed by atoms with E-state index in [1.54, 1.807) is 12.1 Å². The summed E-state index contributed by atoms with van der Waals surface area (Å²) < 4.78 is 47.4. The number of esters is 1. The fraction of sp³-hybridized carbons (Fsp3) is 0.480. The molecule has 0 aliphatic heterocycles. The predicted octanol–water partition coefficient (Wildman–Crippen LogP) is 7.48. The number of halogens is 4. The molecule has 0 saturated heterocycles. The van der Waals surface area contributed by atoms with Gasteiger partial charge in [-0.25, -0.2) is 14.2 Å². The summed E-state index contributed by atoms with van der Waals surface area (Å²) in [6.45, 7) is 3.13. The van der Waals surface area contributed by atoms with Crippen molar-refractivity contribution < 1.29 is 32.2 Å². The van der Waals surface area contributed by atoms with Crippen LogP contribution in [0.3, 0.4) is 0 Å². The Morgan fingerprint density at radius 3 is 2.36 bits per heavy atom. The van der Waals surface area contributed by atoms with Crippen LogP contribution in [0.15, 0.2) is 34.9 Å². The van der Waals surface area contributed by atoms with Crippen LogP contribution in [-0.2, 0) is 9.53 Å². The fourth-order valence-corrected chi connectivity index (χ4v) is 3.98. The SMILES string of the molecule is CC(C)c1ccccc1NC(=O)Nc1cc(F)c(Br)nc1OC(F)F.CCOC(=O)C1CCCCC1. The van der Waals surface area contributed by atoms with Gasteiger partial charge in [0.1, 0.15) is 10.3 Å². The second kappa shape index (κ2) is 14.7. The van der Waals surface area contributed by atoms with Crippen molar-refractivity contribution in [2.45, 2.75) is 65.4 Å². The molecule has 11 heteroatoms. The molecule has 1 fully saturated rings. The molecule has 1 aliphatic rings. The van der Waals surface area contributed by atoms with E-state index in [-0.39, 0.29) is 28.1 Å². The molecule has 1 aromatic carbocycles. The summed E-state index contributed by atoms with van der Waals surface area (Å²) in [5.41, 5.74) is 1.12. The third-order valence-corrected chi connectivity index (χ3v) is 5.96. The molecule has 2 aromatic rings. The number of anilines is 2. The third kappa shape index (κ3) is 9.33. The molecule has 0 bridgehead atoms. The van der Waals surface area contributed by atoms with E-state index in [9.17, 15) is 22.8 Å². The van der Waals surface area contributed by atoms with Gasteiger partial charge in [-0.3, -0.25) is 4.79 Å². The lowest BCUT2D eigenvalue weighted by Gasteiger charge is -2.19. The lowest BCUT2D eigenvalue weighted by Crippen LogP contribution is -2.21. The maximum atomic E-state index is 13.6. The number of urea groups is 1. The molecule has 2 N–H and O–H groups in total. The quantitative estimate of drug-likeness (QED) is 0.264. The summed E-state index contributed by atoms with van der Waals surface area (Å²) in [6.07, 6.45) is 5.76. The maximum absolute atomic E-state index is 13.6. The van der Waals surface area contributed by atoms with E-state index in [0.29, 0.717) is 12.3 Å². The van der Waals surface area contributed by atoms with Gasteiger partial charge in [0, 0.05) is 11.8 Å². The van der Waals surface area contributed by atoms with Gasteiger partial charge >= 0.3 is 18.6 Å². The lowest BCUT2D eigenvalue weighted by atomic mass is 9.89. The number of nitrogens with one attached hydrogen (secondary N) is 2. The smallest absolute Gasteiger partial charge is 0.388 e. The summed E-state index contributed by atoms with van der Waals surface area (Å²) in [4.78, 5) is 26.9. The summed E-state index contributed by atoms with van der Waals surface area (Å²) in [5, 5.41) is 4.87. The monoisotopic (exact) mass is 573 g/mol. The van der Waals surface area contributed by atoms with E-state index in [2.05, 4.69) is 36.3 Å². The van der Waals surface area contributed by atoms with Crippen LogP contribution < -0.4 is 15.4 Å². The van der Waals surface area contributed by atoms with Crippen molar-refractivity contribution in [1.82, 2.24) is 4.98 Å². The number of hydrogen-bond donors (Lipinski definition) is 2. The first-order valence-corrected chi connectivity index (χ1v) is 12.6. The predicted molar refractivity (Wildman–Crippen MR) is 135 cm³/mol. The molecule has 36 heavy (non-hydrogen) atoms. The molecule has 3 rings (SSSR count). The number of carbonyl (C=O) groups excluding carboxylic acids is 2. The van der Waals surface area contributed by atoms with Crippen LogP contribution in [0, 0.1) is 11.7 Å². The standard InChI is InChI=1S/C16H15BrF3N3O2.C9H16O2/c1-8(2)9-5-3-4-6-11(9)21-16(24)22-12-7-10(18)13(17)23-14(12)25-15(19)20;1-2-11-9(10)8-6-4-3-5-7-8/h3-8,15H,1-2H3,(H2,21,22,24);8H,2-7H2,1H3. The topological polar surface area (TPSA) is 89.6 Å². The zero-order chi connectivity index (χ0) is 26.7. The van der Waals surface area contributed by atoms with Gasteiger partial charge in [0.05, 0.1) is 12.5 Å². The van der Waals surface area contributed by atoms with Crippen molar-refractivity contribution in [2.24, 2.45) is 5.92 Å². The van der Waals surface area contributed by atoms with E-state index >= 15 is 0 Å². The molecule has 7 nitrogen and oxygen atoms in total. The normalized spacial score (nSPS) is 13.6. The van der Waals surface area contributed by atoms with E-state index < -0.39 is 24.3 Å². The Hall–Kier alpha value is -2.82. The Bertz CT molecular complexity index is 1020. The van der Waals surface area contributed by atoms with E-state index in [0.717, 1.165) is 24.5 Å². The summed E-state index contributed by atoms with van der Waals surface area (Å²) >= 11 is 2.78. The number of nitrogens with zero attached hydrogens (tertiary/aromatic N) is 1. The minimum absolute atomic E-state index is 0.0206. The molecule has 1 aromatic heterocycles. The summed E-state index contributed by atoms with van der Waals surface area (Å²) in [6, 6.07) is 7.23. The number of aromatic nitrogens is 1. The largest absolute Gasteiger partial charge is 0.466 e. The average molecular weight is 574 g/mol. The summed E-state index contributed by atoms with van der Waals surface area (Å²) in [5.74, 6) is -1.05. The fourth-order valence-electron chi connectivity index (χ4n) is 3.70. The molecular formula is C25H31BrF3N3O4. The van der Waals surface area contributed by atoms with Crippen molar-refractivity contribution in [3.8, 4) is 5.88 Å². The highest BCUT2D eigenvalue weighted by Gasteiger charge is 2.21. The second-order valence-corrected chi connectivity index (χ2v) is 9.15. The first-order chi connectivity index (χ1) is 17.1. The minimum atomic E-state index is -3.17. The number of carbonyl (C=O) groups is 2. The Balaban J connectivity index is 0.000000346. The summed E-state index contributed by atoms with van der Waals surface area (Å²) in [7, 11) is 0. The van der Waals surface area contributed by atoms with Gasteiger partial charge in [-0.05, 0) is 53.2 Å². The van der Waals surface area contributed by atoms with Crippen LogP contribution >= 0.6 is 15.9 Å². The Morgan fingerprint density at radius 2 is 1.75 bits per heavy atom. The average Bonchev–Trinajstić information content (AvgIpc) is 2.83. The number of ether oxygens (including phenoxy) is 2. The number of pyridine rings is 1. The zero-order valence-corrected chi connectivity index (χ0v) is 22.0. The van der Waals surface area contributed by atoms with E-state index in [4.69, 9.17) is 4.74 Å². The van der Waals surface area contributed by atoms with Gasteiger partial charge in [0.25, 0.3) is 0 Å². The van der Waals surface area contributed by atoms with E-state index in [1.165, 1.54) is 19.3 Å². The molecule has 0 spiro atoms. The zero-order valence-electron chi connectivity index (χ0n) is 20.5. The molecule has 1 heterocycles. The molecule has 0 unspecified atom stereocenters. The Kier molecular flexibility index (Phi) is 12.0. The molecule has 2 amide bonds. The van der Waals surface area contributed by atoms with Crippen LogP contribution in [0.25, 0.3) is 0 Å². The lowest BCUT2D eigenvalue weighted by molar-refractivity contribution is -0.149. The molecule has 1 saturated carbocycles. The van der Waals surface area contributed by atoms with Crippen LogP contribution in [0.2, 0.25) is 0 Å². The number of amides is 2. The Labute approximate surface area is 217 Å². The molecule has 0 radical (unpaired) electrons. The van der Waals surface area contributed by atoms with Crippen molar-refractivity contribution in [2.75, 3.05) is 17.2 Å². The number of benzene rings is 1. The van der Waals surface area contributed by atoms with Gasteiger partial charge < -0.3 is 20.1 Å². The van der Waals surface area contributed by atoms with Crippen molar-refractivity contribution in [1.29, 1.82) is 0 Å². The van der Waals surface area contributed by atoms with Crippen molar-refractivity contribution in [3.05, 3.63) is 46.3 Å². The highest BCUT2D eigenvalue weighted by atomic mass is 79.9. The number of rotatable bonds is 7. The van der Waals surface area contributed by atoms with Crippen LogP contribution in [0.4, 0.5) is 29.3 Å². The minimum Gasteiger partial charge on any atom is -0.466 e. The van der Waals surface area contributed by atoms with E-state index in [1.807, 2.05) is 32.9 Å². The highest BCUT2D eigenvalue weighted by molar-refractivity contribution is 9.10. The van der Waals surface area contributed by atoms with Crippen molar-refractivity contribution in [3.63, 3.8) is 0 Å². The highest BCUT2D eigenvalue weighted by Crippen LogP contribution is 2.29. The molecular weight excluding hydrogens is 543 g/mol. The Morgan fingerprint density at radius 1 is 1.11 bits per heavy atom. The maximum Gasteiger partial charge on any atom is 0.388 e. The van der Waals surface area contributed by atoms with Gasteiger partial charge in [-0.2, -0.15) is 8.78 Å². The van der Waals surface area contributed by atoms with Crippen LogP contribution in [0.1, 0.15) is 64.4 Å². The molecule has 198 valence electrons. The van der Waals surface area contributed by atoms with Gasteiger partial charge in [0.2, 0.25) is 5.88 Å². The van der Waals surface area contributed by atoms with Gasteiger partial charge in [-0.1, -0.05) is 51.3 Å².